The molecule has 0 spiro atoms. The Morgan fingerprint density at radius 3 is 2.43 bits per heavy atom. The monoisotopic (exact) mass is 508 g/mol. The number of nitrogens with zero attached hydrogens (tertiary/aromatic N) is 5. The molecule has 1 N–H and O–H groups in total. The van der Waals surface area contributed by atoms with Gasteiger partial charge < -0.3 is 14.2 Å². The number of amides is 4. The topological polar surface area (TPSA) is 100 Å². The zero-order valence-corrected chi connectivity index (χ0v) is 22.1. The van der Waals surface area contributed by atoms with Gasteiger partial charge in [-0.3, -0.25) is 19.9 Å². The van der Waals surface area contributed by atoms with Gasteiger partial charge in [0, 0.05) is 61.8 Å². The van der Waals surface area contributed by atoms with Gasteiger partial charge in [-0.05, 0) is 65.0 Å². The van der Waals surface area contributed by atoms with Crippen LogP contribution in [0.15, 0.2) is 18.5 Å². The van der Waals surface area contributed by atoms with Crippen LogP contribution in [0.5, 0.6) is 0 Å². The van der Waals surface area contributed by atoms with Gasteiger partial charge in [-0.25, -0.2) is 14.6 Å². The van der Waals surface area contributed by atoms with Crippen LogP contribution in [0.1, 0.15) is 64.5 Å². The lowest BCUT2D eigenvalue weighted by Gasteiger charge is -2.50. The number of imide groups is 1. The van der Waals surface area contributed by atoms with Crippen molar-refractivity contribution in [3.63, 3.8) is 0 Å². The molecule has 0 radical (unpaired) electrons. The van der Waals surface area contributed by atoms with E-state index in [0.29, 0.717) is 42.8 Å². The van der Waals surface area contributed by atoms with Crippen LogP contribution in [0.2, 0.25) is 0 Å². The van der Waals surface area contributed by atoms with Crippen LogP contribution in [-0.2, 0) is 9.53 Å². The van der Waals surface area contributed by atoms with Crippen LogP contribution in [0, 0.1) is 6.92 Å². The molecule has 1 saturated carbocycles. The molecule has 37 heavy (non-hydrogen) atoms. The van der Waals surface area contributed by atoms with Gasteiger partial charge in [-0.1, -0.05) is 0 Å². The number of carbonyl (C=O) groups is 3. The van der Waals surface area contributed by atoms with E-state index < -0.39 is 11.6 Å². The van der Waals surface area contributed by atoms with Gasteiger partial charge in [0.1, 0.15) is 11.2 Å². The second kappa shape index (κ2) is 8.72. The number of urea groups is 1. The number of carbonyl (C=O) groups excluding carboxylic acids is 3. The van der Waals surface area contributed by atoms with E-state index >= 15 is 0 Å². The Morgan fingerprint density at radius 1 is 1.08 bits per heavy atom. The predicted molar refractivity (Wildman–Crippen MR) is 138 cm³/mol. The number of piperazine rings is 1. The Morgan fingerprint density at radius 2 is 1.78 bits per heavy atom. The summed E-state index contributed by atoms with van der Waals surface area (Å²) in [6.45, 7) is 9.69. The first kappa shape index (κ1) is 24.2. The van der Waals surface area contributed by atoms with Gasteiger partial charge in [0.15, 0.2) is 0 Å². The molecule has 3 saturated heterocycles. The molecule has 2 aromatic rings. The minimum atomic E-state index is -0.472. The third-order valence-electron chi connectivity index (χ3n) is 8.31. The maximum absolute atomic E-state index is 12.6. The van der Waals surface area contributed by atoms with E-state index in [9.17, 15) is 14.4 Å². The molecule has 2 aromatic heterocycles. The Balaban J connectivity index is 1.13. The number of rotatable bonds is 3. The van der Waals surface area contributed by atoms with Crippen LogP contribution in [-0.4, -0.2) is 80.7 Å². The Hall–Kier alpha value is -3.14. The van der Waals surface area contributed by atoms with Gasteiger partial charge in [0.05, 0.1) is 11.9 Å². The lowest BCUT2D eigenvalue weighted by Crippen LogP contribution is -2.61. The van der Waals surface area contributed by atoms with Crippen molar-refractivity contribution >= 4 is 34.8 Å². The van der Waals surface area contributed by atoms with Crippen LogP contribution >= 0.6 is 0 Å². The summed E-state index contributed by atoms with van der Waals surface area (Å²) in [5, 5.41) is 3.42. The first-order valence-electron chi connectivity index (χ1n) is 13.4. The highest BCUT2D eigenvalue weighted by molar-refractivity contribution is 6.06. The molecule has 2 bridgehead atoms. The smallest absolute Gasteiger partial charge is 0.410 e. The quantitative estimate of drug-likeness (QED) is 0.680. The number of fused-ring (bicyclic) bond motifs is 3. The fraction of sp³-hybridized carbons (Fsp3) is 0.630. The fourth-order valence-corrected chi connectivity index (χ4v) is 6.56. The highest BCUT2D eigenvalue weighted by Crippen LogP contribution is 2.44. The molecular formula is C27H36N6O4. The molecule has 5 heterocycles. The highest BCUT2D eigenvalue weighted by atomic mass is 16.6. The van der Waals surface area contributed by atoms with E-state index in [0.717, 1.165) is 55.4 Å². The molecule has 0 aromatic carbocycles. The van der Waals surface area contributed by atoms with Crippen molar-refractivity contribution in [3.05, 3.63) is 24.0 Å². The molecule has 10 heteroatoms. The van der Waals surface area contributed by atoms with Crippen molar-refractivity contribution in [1.29, 1.82) is 0 Å². The molecule has 10 nitrogen and oxygen atoms in total. The Kier molecular flexibility index (Phi) is 5.70. The largest absolute Gasteiger partial charge is 0.444 e. The normalized spacial score (nSPS) is 28.4. The van der Waals surface area contributed by atoms with Crippen molar-refractivity contribution in [2.45, 2.75) is 89.6 Å². The van der Waals surface area contributed by atoms with Gasteiger partial charge >= 0.3 is 12.1 Å². The molecule has 4 amide bonds. The van der Waals surface area contributed by atoms with E-state index in [-0.39, 0.29) is 12.0 Å². The van der Waals surface area contributed by atoms with Crippen LogP contribution < -0.4 is 10.2 Å². The van der Waals surface area contributed by atoms with E-state index in [1.165, 1.54) is 0 Å². The van der Waals surface area contributed by atoms with Gasteiger partial charge in [-0.2, -0.15) is 0 Å². The molecule has 2 unspecified atom stereocenters. The lowest BCUT2D eigenvalue weighted by molar-refractivity contribution is -0.120. The zero-order chi connectivity index (χ0) is 26.1. The molecule has 3 aliphatic heterocycles. The highest BCUT2D eigenvalue weighted by Gasteiger charge is 2.48. The van der Waals surface area contributed by atoms with Crippen LogP contribution in [0.25, 0.3) is 11.0 Å². The fourth-order valence-electron chi connectivity index (χ4n) is 6.56. The van der Waals surface area contributed by atoms with Crippen molar-refractivity contribution < 1.29 is 19.1 Å². The average molecular weight is 509 g/mol. The maximum Gasteiger partial charge on any atom is 0.410 e. The molecule has 4 fully saturated rings. The average Bonchev–Trinajstić information content (AvgIpc) is 3.23. The summed E-state index contributed by atoms with van der Waals surface area (Å²) < 4.78 is 7.93. The summed E-state index contributed by atoms with van der Waals surface area (Å²) in [4.78, 5) is 47.4. The Bertz CT molecular complexity index is 1250. The third-order valence-corrected chi connectivity index (χ3v) is 8.31. The summed E-state index contributed by atoms with van der Waals surface area (Å²) in [6, 6.07) is 3.34. The molecular weight excluding hydrogens is 472 g/mol. The third kappa shape index (κ3) is 4.35. The first-order chi connectivity index (χ1) is 17.6. The lowest BCUT2D eigenvalue weighted by atomic mass is 9.83. The number of nitrogens with one attached hydrogen (secondary N) is 1. The number of ether oxygens (including phenoxy) is 1. The second-order valence-corrected chi connectivity index (χ2v) is 12.0. The van der Waals surface area contributed by atoms with Crippen molar-refractivity contribution in [2.24, 2.45) is 0 Å². The summed E-state index contributed by atoms with van der Waals surface area (Å²) >= 11 is 0. The van der Waals surface area contributed by atoms with Gasteiger partial charge in [-0.15, -0.1) is 0 Å². The molecule has 1 aliphatic carbocycles. The summed E-state index contributed by atoms with van der Waals surface area (Å²) in [6.07, 6.45) is 8.43. The summed E-state index contributed by atoms with van der Waals surface area (Å²) in [5.74, 6) is -0.239. The number of likely N-dealkylation sites (tertiary alicyclic amines) is 1. The number of hydrogen-bond acceptors (Lipinski definition) is 6. The van der Waals surface area contributed by atoms with Gasteiger partial charge in [0.25, 0.3) is 0 Å². The second-order valence-electron chi connectivity index (χ2n) is 12.0. The van der Waals surface area contributed by atoms with E-state index in [2.05, 4.69) is 27.9 Å². The number of pyridine rings is 1. The van der Waals surface area contributed by atoms with Crippen molar-refractivity contribution in [1.82, 2.24) is 24.7 Å². The van der Waals surface area contributed by atoms with Gasteiger partial charge in [0.2, 0.25) is 5.91 Å². The molecule has 4 aliphatic rings. The van der Waals surface area contributed by atoms with Crippen LogP contribution in [0.3, 0.4) is 0 Å². The minimum absolute atomic E-state index is 0.191. The van der Waals surface area contributed by atoms with E-state index in [1.54, 1.807) is 11.1 Å². The number of aromatic nitrogens is 2. The number of anilines is 1. The predicted octanol–water partition coefficient (Wildman–Crippen LogP) is 3.58. The van der Waals surface area contributed by atoms with Crippen molar-refractivity contribution in [2.75, 3.05) is 24.5 Å². The molecule has 198 valence electrons. The van der Waals surface area contributed by atoms with E-state index in [4.69, 9.17) is 9.72 Å². The van der Waals surface area contributed by atoms with Crippen molar-refractivity contribution in [3.8, 4) is 0 Å². The zero-order valence-electron chi connectivity index (χ0n) is 22.1. The van der Waals surface area contributed by atoms with Crippen LogP contribution in [0.4, 0.5) is 15.3 Å². The summed E-state index contributed by atoms with van der Waals surface area (Å²) in [5.41, 5.74) is 2.31. The summed E-state index contributed by atoms with van der Waals surface area (Å²) in [7, 11) is 0. The first-order valence-corrected chi connectivity index (χ1v) is 13.4. The molecule has 2 atom stereocenters. The Labute approximate surface area is 216 Å². The standard InChI is InChI=1S/C27H36N6O4/c1-16-13-32(24-22(16)11-21(12-28-24)31-8-7-23(34)29-25(31)35)19-9-20(10-19)33-17-5-6-18(33)15-30(14-17)26(36)37-27(2,3)4/h11-13,17-20H,5-10,14-15H2,1-4H3,(H,29,34,35). The number of hydrogen-bond donors (Lipinski definition) is 1. The minimum Gasteiger partial charge on any atom is -0.444 e. The SMILES string of the molecule is Cc1cn(C2CC(N3C4CCC3CN(C(=O)OC(C)(C)C)C4)C2)c2ncc(N3CCC(=O)NC3=O)cc12. The molecule has 6 rings (SSSR count). The van der Waals surface area contributed by atoms with E-state index in [1.807, 2.05) is 31.7 Å². The number of aryl methyl sites for hydroxylation is 1. The maximum atomic E-state index is 12.6.